The summed E-state index contributed by atoms with van der Waals surface area (Å²) in [4.78, 5) is 6.18. The molecule has 1 fully saturated rings. The van der Waals surface area contributed by atoms with Gasteiger partial charge in [-0.2, -0.15) is 0 Å². The highest BCUT2D eigenvalue weighted by Gasteiger charge is 2.11. The van der Waals surface area contributed by atoms with Gasteiger partial charge < -0.3 is 10.6 Å². The van der Waals surface area contributed by atoms with Crippen LogP contribution in [-0.4, -0.2) is 29.4 Å². The molecule has 0 atom stereocenters. The van der Waals surface area contributed by atoms with Gasteiger partial charge in [-0.15, -0.1) is 0 Å². The second-order valence-corrected chi connectivity index (χ2v) is 3.16. The van der Waals surface area contributed by atoms with Crippen LogP contribution in [-0.2, 0) is 0 Å². The van der Waals surface area contributed by atoms with Crippen molar-refractivity contribution in [3.8, 4) is 0 Å². The third-order valence-electron chi connectivity index (χ3n) is 1.82. The van der Waals surface area contributed by atoms with Crippen LogP contribution in [0.2, 0.25) is 0 Å². The van der Waals surface area contributed by atoms with E-state index in [-0.39, 0.29) is 5.11 Å². The SMILES string of the molecule is CN1CCCC/C1=N\C(N)=S. The zero-order valence-corrected chi connectivity index (χ0v) is 7.52. The minimum atomic E-state index is 0.244. The van der Waals surface area contributed by atoms with Crippen LogP contribution in [0.25, 0.3) is 0 Å². The van der Waals surface area contributed by atoms with Gasteiger partial charge in [-0.1, -0.05) is 0 Å². The molecule has 0 unspecified atom stereocenters. The van der Waals surface area contributed by atoms with Gasteiger partial charge in [-0.3, -0.25) is 0 Å². The summed E-state index contributed by atoms with van der Waals surface area (Å²) in [5.74, 6) is 1.03. The number of piperidine rings is 1. The summed E-state index contributed by atoms with van der Waals surface area (Å²) in [6.07, 6.45) is 3.45. The fourth-order valence-electron chi connectivity index (χ4n) is 1.22. The lowest BCUT2D eigenvalue weighted by atomic mass is 10.1. The summed E-state index contributed by atoms with van der Waals surface area (Å²) in [6, 6.07) is 0. The normalized spacial score (nSPS) is 22.3. The first-order valence-electron chi connectivity index (χ1n) is 3.78. The van der Waals surface area contributed by atoms with E-state index in [1.165, 1.54) is 12.8 Å². The Bertz CT molecular complexity index is 188. The summed E-state index contributed by atoms with van der Waals surface area (Å²) < 4.78 is 0. The topological polar surface area (TPSA) is 41.6 Å². The summed E-state index contributed by atoms with van der Waals surface area (Å²) in [6.45, 7) is 1.07. The van der Waals surface area contributed by atoms with E-state index >= 15 is 0 Å². The number of amidine groups is 1. The number of aliphatic imine (C=N–C) groups is 1. The third kappa shape index (κ3) is 2.46. The number of nitrogens with zero attached hydrogens (tertiary/aromatic N) is 2. The van der Waals surface area contributed by atoms with Gasteiger partial charge in [0.25, 0.3) is 0 Å². The van der Waals surface area contributed by atoms with Crippen molar-refractivity contribution in [2.45, 2.75) is 19.3 Å². The Hall–Kier alpha value is -0.640. The molecule has 0 aromatic rings. The molecule has 0 aromatic carbocycles. The molecule has 1 aliphatic heterocycles. The lowest BCUT2D eigenvalue weighted by molar-refractivity contribution is 0.435. The van der Waals surface area contributed by atoms with Crippen molar-refractivity contribution < 1.29 is 0 Å². The van der Waals surface area contributed by atoms with Gasteiger partial charge in [0.05, 0.1) is 0 Å². The zero-order chi connectivity index (χ0) is 8.27. The average Bonchev–Trinajstić information content (AvgIpc) is 1.93. The molecular formula is C7H13N3S. The van der Waals surface area contributed by atoms with Crippen LogP contribution in [0.1, 0.15) is 19.3 Å². The second kappa shape index (κ2) is 3.67. The minimum absolute atomic E-state index is 0.244. The molecule has 0 amide bonds. The molecule has 2 N–H and O–H groups in total. The number of hydrogen-bond donors (Lipinski definition) is 1. The maximum Gasteiger partial charge on any atom is 0.191 e. The maximum atomic E-state index is 5.30. The van der Waals surface area contributed by atoms with Crippen molar-refractivity contribution in [3.05, 3.63) is 0 Å². The molecular weight excluding hydrogens is 158 g/mol. The van der Waals surface area contributed by atoms with Crippen LogP contribution in [0, 0.1) is 0 Å². The molecule has 62 valence electrons. The van der Waals surface area contributed by atoms with Crippen molar-refractivity contribution in [1.29, 1.82) is 0 Å². The van der Waals surface area contributed by atoms with Crippen LogP contribution in [0.5, 0.6) is 0 Å². The molecule has 1 aliphatic rings. The van der Waals surface area contributed by atoms with Gasteiger partial charge in [-0.05, 0) is 25.1 Å². The fraction of sp³-hybridized carbons (Fsp3) is 0.714. The largest absolute Gasteiger partial charge is 0.374 e. The predicted molar refractivity (Wildman–Crippen MR) is 50.7 cm³/mol. The van der Waals surface area contributed by atoms with E-state index in [1.807, 2.05) is 7.05 Å². The highest BCUT2D eigenvalue weighted by Crippen LogP contribution is 2.09. The molecule has 3 nitrogen and oxygen atoms in total. The predicted octanol–water partition coefficient (Wildman–Crippen LogP) is 0.744. The van der Waals surface area contributed by atoms with Crippen LogP contribution in [0.4, 0.5) is 0 Å². The van der Waals surface area contributed by atoms with Crippen molar-refractivity contribution in [2.75, 3.05) is 13.6 Å². The molecule has 0 aromatic heterocycles. The Labute approximate surface area is 72.3 Å². The van der Waals surface area contributed by atoms with Crippen molar-refractivity contribution >= 4 is 23.2 Å². The maximum absolute atomic E-state index is 5.30. The number of nitrogens with two attached hydrogens (primary N) is 1. The van der Waals surface area contributed by atoms with Gasteiger partial charge in [-0.25, -0.2) is 4.99 Å². The Balaban J connectivity index is 2.60. The second-order valence-electron chi connectivity index (χ2n) is 2.74. The molecule has 11 heavy (non-hydrogen) atoms. The highest BCUT2D eigenvalue weighted by molar-refractivity contribution is 7.80. The van der Waals surface area contributed by atoms with Crippen LogP contribution in [0.3, 0.4) is 0 Å². The molecule has 0 saturated carbocycles. The van der Waals surface area contributed by atoms with Gasteiger partial charge in [0, 0.05) is 20.0 Å². The van der Waals surface area contributed by atoms with Gasteiger partial charge in [0.1, 0.15) is 5.84 Å². The van der Waals surface area contributed by atoms with E-state index in [0.717, 1.165) is 18.8 Å². The lowest BCUT2D eigenvalue weighted by Gasteiger charge is -2.25. The van der Waals surface area contributed by atoms with E-state index < -0.39 is 0 Å². The molecule has 1 saturated heterocycles. The van der Waals surface area contributed by atoms with Crippen molar-refractivity contribution in [3.63, 3.8) is 0 Å². The smallest absolute Gasteiger partial charge is 0.191 e. The number of hydrogen-bond acceptors (Lipinski definition) is 1. The van der Waals surface area contributed by atoms with Gasteiger partial charge in [0.15, 0.2) is 5.11 Å². The summed E-state index contributed by atoms with van der Waals surface area (Å²) in [7, 11) is 2.02. The number of rotatable bonds is 0. The minimum Gasteiger partial charge on any atom is -0.374 e. The highest BCUT2D eigenvalue weighted by atomic mass is 32.1. The molecule has 4 heteroatoms. The molecule has 0 aliphatic carbocycles. The van der Waals surface area contributed by atoms with Crippen molar-refractivity contribution in [1.82, 2.24) is 4.90 Å². The van der Waals surface area contributed by atoms with Crippen LogP contribution in [0.15, 0.2) is 4.99 Å². The van der Waals surface area contributed by atoms with Crippen LogP contribution < -0.4 is 5.73 Å². The molecule has 0 spiro atoms. The molecule has 0 bridgehead atoms. The Morgan fingerprint density at radius 3 is 2.91 bits per heavy atom. The first-order chi connectivity index (χ1) is 5.20. The summed E-state index contributed by atoms with van der Waals surface area (Å²) in [5.41, 5.74) is 5.30. The molecule has 0 radical (unpaired) electrons. The first kappa shape index (κ1) is 8.46. The van der Waals surface area contributed by atoms with E-state index in [9.17, 15) is 0 Å². The number of thiocarbonyl (C=S) groups is 1. The summed E-state index contributed by atoms with van der Waals surface area (Å²) >= 11 is 4.69. The lowest BCUT2D eigenvalue weighted by Crippen LogP contribution is -2.32. The zero-order valence-electron chi connectivity index (χ0n) is 6.71. The fourth-order valence-corrected chi connectivity index (χ4v) is 1.33. The quantitative estimate of drug-likeness (QED) is 0.547. The Kier molecular flexibility index (Phi) is 2.82. The molecule has 1 rings (SSSR count). The summed E-state index contributed by atoms with van der Waals surface area (Å²) in [5, 5.41) is 0.244. The first-order valence-corrected chi connectivity index (χ1v) is 4.19. The third-order valence-corrected chi connectivity index (χ3v) is 1.92. The standard InChI is InChI=1S/C7H13N3S/c1-10-5-3-2-4-6(10)9-7(8)11/h2-5H2,1H3,(H2,8,11)/b9-6+. The van der Waals surface area contributed by atoms with Gasteiger partial charge >= 0.3 is 0 Å². The Morgan fingerprint density at radius 1 is 1.64 bits per heavy atom. The Morgan fingerprint density at radius 2 is 2.36 bits per heavy atom. The van der Waals surface area contributed by atoms with E-state index in [1.54, 1.807) is 0 Å². The van der Waals surface area contributed by atoms with E-state index in [4.69, 9.17) is 18.0 Å². The average molecular weight is 171 g/mol. The van der Waals surface area contributed by atoms with Gasteiger partial charge in [0.2, 0.25) is 0 Å². The molecule has 1 heterocycles. The number of likely N-dealkylation sites (tertiary alicyclic amines) is 1. The van der Waals surface area contributed by atoms with E-state index in [2.05, 4.69) is 9.89 Å². The van der Waals surface area contributed by atoms with Crippen molar-refractivity contribution in [2.24, 2.45) is 10.7 Å². The monoisotopic (exact) mass is 171 g/mol. The van der Waals surface area contributed by atoms with Crippen LogP contribution >= 0.6 is 12.2 Å². The van der Waals surface area contributed by atoms with E-state index in [0.29, 0.717) is 0 Å².